The van der Waals surface area contributed by atoms with Crippen LogP contribution in [0.2, 0.25) is 0 Å². The molecule has 1 aliphatic carbocycles. The minimum absolute atomic E-state index is 0.00949. The van der Waals surface area contributed by atoms with Gasteiger partial charge in [-0.2, -0.15) is 0 Å². The number of rotatable bonds is 8. The van der Waals surface area contributed by atoms with Crippen LogP contribution in [0.3, 0.4) is 0 Å². The second-order valence-electron chi connectivity index (χ2n) is 7.94. The van der Waals surface area contributed by atoms with Gasteiger partial charge in [-0.15, -0.1) is 0 Å². The van der Waals surface area contributed by atoms with E-state index in [4.69, 9.17) is 4.74 Å². The van der Waals surface area contributed by atoms with Gasteiger partial charge in [0.05, 0.1) is 5.69 Å². The monoisotopic (exact) mass is 387 g/mol. The molecule has 28 heavy (non-hydrogen) atoms. The first-order valence-electron chi connectivity index (χ1n) is 10.6. The molecule has 0 spiro atoms. The van der Waals surface area contributed by atoms with E-state index in [0.29, 0.717) is 31.3 Å². The lowest BCUT2D eigenvalue weighted by Gasteiger charge is -2.32. The van der Waals surface area contributed by atoms with E-state index in [1.165, 1.54) is 32.1 Å². The molecule has 3 rings (SSSR count). The summed E-state index contributed by atoms with van der Waals surface area (Å²) in [7, 11) is 2.19. The first-order valence-corrected chi connectivity index (χ1v) is 10.6. The van der Waals surface area contributed by atoms with Crippen LogP contribution in [0.25, 0.3) is 0 Å². The number of hydrogen-bond acceptors (Lipinski definition) is 4. The second-order valence-corrected chi connectivity index (χ2v) is 7.94. The number of hydrogen-bond donors (Lipinski definition) is 1. The largest absolute Gasteiger partial charge is 0.479 e. The van der Waals surface area contributed by atoms with Gasteiger partial charge in [-0.3, -0.25) is 9.59 Å². The Morgan fingerprint density at radius 2 is 2.00 bits per heavy atom. The predicted molar refractivity (Wildman–Crippen MR) is 111 cm³/mol. The Labute approximate surface area is 168 Å². The fourth-order valence-electron chi connectivity index (χ4n) is 4.15. The highest BCUT2D eigenvalue weighted by atomic mass is 16.5. The number of fused-ring (bicyclic) bond motifs is 1. The lowest BCUT2D eigenvalue weighted by atomic mass is 9.94. The minimum Gasteiger partial charge on any atom is -0.479 e. The van der Waals surface area contributed by atoms with Crippen molar-refractivity contribution in [2.75, 3.05) is 31.6 Å². The zero-order chi connectivity index (χ0) is 19.9. The molecule has 6 heteroatoms. The Morgan fingerprint density at radius 1 is 1.25 bits per heavy atom. The van der Waals surface area contributed by atoms with Crippen LogP contribution in [0, 0.1) is 0 Å². The molecule has 0 aromatic heterocycles. The van der Waals surface area contributed by atoms with Crippen molar-refractivity contribution in [1.82, 2.24) is 10.2 Å². The summed E-state index contributed by atoms with van der Waals surface area (Å²) in [6.07, 6.45) is 7.39. The Balaban J connectivity index is 1.39. The fourth-order valence-corrected chi connectivity index (χ4v) is 4.15. The number of nitrogens with one attached hydrogen (secondary N) is 1. The van der Waals surface area contributed by atoms with Crippen molar-refractivity contribution < 1.29 is 14.3 Å². The Morgan fingerprint density at radius 3 is 2.79 bits per heavy atom. The summed E-state index contributed by atoms with van der Waals surface area (Å²) in [5.41, 5.74) is 0.743. The third-order valence-corrected chi connectivity index (χ3v) is 5.84. The van der Waals surface area contributed by atoms with Crippen LogP contribution in [-0.2, 0) is 9.59 Å². The quantitative estimate of drug-likeness (QED) is 0.697. The van der Waals surface area contributed by atoms with Crippen LogP contribution < -0.4 is 15.0 Å². The fraction of sp³-hybridized carbons (Fsp3) is 0.636. The number of para-hydroxylation sites is 2. The van der Waals surface area contributed by atoms with Gasteiger partial charge in [-0.1, -0.05) is 31.4 Å². The van der Waals surface area contributed by atoms with Crippen molar-refractivity contribution in [3.05, 3.63) is 24.3 Å². The molecule has 1 unspecified atom stereocenters. The van der Waals surface area contributed by atoms with Gasteiger partial charge in [0, 0.05) is 25.6 Å². The Hall–Kier alpha value is -2.08. The number of amides is 2. The average Bonchev–Trinajstić information content (AvgIpc) is 2.72. The van der Waals surface area contributed by atoms with E-state index in [2.05, 4.69) is 17.3 Å². The summed E-state index contributed by atoms with van der Waals surface area (Å²) in [6, 6.07) is 8.18. The molecule has 1 fully saturated rings. The summed E-state index contributed by atoms with van der Waals surface area (Å²) in [6.45, 7) is 3.81. The second kappa shape index (κ2) is 9.92. The van der Waals surface area contributed by atoms with Gasteiger partial charge in [0.25, 0.3) is 5.91 Å². The van der Waals surface area contributed by atoms with E-state index in [-0.39, 0.29) is 11.8 Å². The highest BCUT2D eigenvalue weighted by molar-refractivity contribution is 6.00. The zero-order valence-corrected chi connectivity index (χ0v) is 17.2. The number of carbonyl (C=O) groups excluding carboxylic acids is 2. The van der Waals surface area contributed by atoms with Crippen LogP contribution >= 0.6 is 0 Å². The van der Waals surface area contributed by atoms with E-state index in [1.807, 2.05) is 24.3 Å². The summed E-state index contributed by atoms with van der Waals surface area (Å²) in [5.74, 6) is 0.589. The number of nitrogens with zero attached hydrogens (tertiary/aromatic N) is 2. The van der Waals surface area contributed by atoms with Gasteiger partial charge in [-0.05, 0) is 51.9 Å². The molecule has 1 aromatic rings. The molecular formula is C22H33N3O3. The topological polar surface area (TPSA) is 61.9 Å². The molecule has 0 radical (unpaired) electrons. The maximum absolute atomic E-state index is 12.4. The summed E-state index contributed by atoms with van der Waals surface area (Å²) < 4.78 is 5.64. The van der Waals surface area contributed by atoms with Crippen LogP contribution in [0.5, 0.6) is 5.75 Å². The molecule has 1 saturated carbocycles. The number of carbonyl (C=O) groups is 2. The predicted octanol–water partition coefficient (Wildman–Crippen LogP) is 2.96. The summed E-state index contributed by atoms with van der Waals surface area (Å²) in [4.78, 5) is 28.8. The highest BCUT2D eigenvalue weighted by Crippen LogP contribution is 2.33. The van der Waals surface area contributed by atoms with Gasteiger partial charge in [-0.25, -0.2) is 0 Å². The first-order chi connectivity index (χ1) is 13.6. The van der Waals surface area contributed by atoms with E-state index in [1.54, 1.807) is 11.8 Å². The van der Waals surface area contributed by atoms with Crippen LogP contribution in [0.4, 0.5) is 5.69 Å². The standard InChI is InChI=1S/C22H33N3O3/c1-17-22(27)25(19-11-6-7-12-20(19)28-17)16-13-21(26)23-14-8-15-24(2)18-9-4-3-5-10-18/h6-7,11-12,17-18H,3-5,8-10,13-16H2,1-2H3,(H,23,26). The Bertz CT molecular complexity index is 673. The van der Waals surface area contributed by atoms with Gasteiger partial charge in [0.15, 0.2) is 6.10 Å². The van der Waals surface area contributed by atoms with Crippen LogP contribution in [-0.4, -0.2) is 55.5 Å². The van der Waals surface area contributed by atoms with E-state index < -0.39 is 6.10 Å². The summed E-state index contributed by atoms with van der Waals surface area (Å²) >= 11 is 0. The smallest absolute Gasteiger partial charge is 0.267 e. The van der Waals surface area contributed by atoms with Crippen molar-refractivity contribution in [3.63, 3.8) is 0 Å². The van der Waals surface area contributed by atoms with E-state index in [0.717, 1.165) is 18.7 Å². The Kier molecular flexibility index (Phi) is 7.31. The molecule has 2 amide bonds. The molecule has 1 aromatic carbocycles. The lowest BCUT2D eigenvalue weighted by molar-refractivity contribution is -0.125. The first kappa shape index (κ1) is 20.6. The van der Waals surface area contributed by atoms with Crippen LogP contribution in [0.15, 0.2) is 24.3 Å². The van der Waals surface area contributed by atoms with Crippen molar-refractivity contribution in [1.29, 1.82) is 0 Å². The maximum Gasteiger partial charge on any atom is 0.267 e. The van der Waals surface area contributed by atoms with Crippen molar-refractivity contribution >= 4 is 17.5 Å². The molecule has 0 saturated heterocycles. The molecule has 1 heterocycles. The molecular weight excluding hydrogens is 354 g/mol. The van der Waals surface area contributed by atoms with E-state index >= 15 is 0 Å². The van der Waals surface area contributed by atoms with Crippen molar-refractivity contribution in [3.8, 4) is 5.75 Å². The van der Waals surface area contributed by atoms with Crippen molar-refractivity contribution in [2.45, 2.75) is 64.0 Å². The normalized spacial score (nSPS) is 20.0. The zero-order valence-electron chi connectivity index (χ0n) is 17.2. The maximum atomic E-state index is 12.4. The van der Waals surface area contributed by atoms with Gasteiger partial charge >= 0.3 is 0 Å². The molecule has 1 aliphatic heterocycles. The molecule has 154 valence electrons. The molecule has 0 bridgehead atoms. The lowest BCUT2D eigenvalue weighted by Crippen LogP contribution is -2.45. The minimum atomic E-state index is -0.520. The molecule has 1 N–H and O–H groups in total. The van der Waals surface area contributed by atoms with Gasteiger partial charge in [0.1, 0.15) is 5.75 Å². The van der Waals surface area contributed by atoms with Crippen molar-refractivity contribution in [2.24, 2.45) is 0 Å². The number of ether oxygens (including phenoxy) is 1. The summed E-state index contributed by atoms with van der Waals surface area (Å²) in [5, 5.41) is 3.00. The SMILES string of the molecule is CC1Oc2ccccc2N(CCC(=O)NCCCN(C)C2CCCCC2)C1=O. The van der Waals surface area contributed by atoms with Gasteiger partial charge < -0.3 is 19.9 Å². The third-order valence-electron chi connectivity index (χ3n) is 5.84. The third kappa shape index (κ3) is 5.25. The molecule has 2 aliphatic rings. The van der Waals surface area contributed by atoms with E-state index in [9.17, 15) is 9.59 Å². The van der Waals surface area contributed by atoms with Gasteiger partial charge in [0.2, 0.25) is 5.91 Å². The molecule has 1 atom stereocenters. The number of anilines is 1. The average molecular weight is 388 g/mol. The highest BCUT2D eigenvalue weighted by Gasteiger charge is 2.31. The molecule has 6 nitrogen and oxygen atoms in total. The van der Waals surface area contributed by atoms with Crippen LogP contribution in [0.1, 0.15) is 51.9 Å². The number of benzene rings is 1.